The third kappa shape index (κ3) is 3.69. The Morgan fingerprint density at radius 1 is 1.09 bits per heavy atom. The van der Waals surface area contributed by atoms with Crippen molar-refractivity contribution in [1.82, 2.24) is 29.1 Å². The van der Waals surface area contributed by atoms with Gasteiger partial charge in [0.1, 0.15) is 11.6 Å². The lowest BCUT2D eigenvalue weighted by Crippen LogP contribution is -1.99. The summed E-state index contributed by atoms with van der Waals surface area (Å²) in [4.78, 5) is 13.1. The number of aryl methyl sites for hydroxylation is 1. The Morgan fingerprint density at radius 2 is 1.97 bits per heavy atom. The largest absolute Gasteiger partial charge is 0.495 e. The number of hydrogen-bond acceptors (Lipinski definition) is 5. The van der Waals surface area contributed by atoms with Crippen LogP contribution in [0.15, 0.2) is 61.2 Å². The summed E-state index contributed by atoms with van der Waals surface area (Å²) in [5.41, 5.74) is 4.26. The van der Waals surface area contributed by atoms with Crippen LogP contribution in [0.25, 0.3) is 22.7 Å². The van der Waals surface area contributed by atoms with Gasteiger partial charge in [0.05, 0.1) is 35.5 Å². The normalized spacial score (nSPS) is 11.2. The molecule has 0 atom stereocenters. The maximum absolute atomic E-state index is 13.6. The fourth-order valence-corrected chi connectivity index (χ4v) is 3.75. The van der Waals surface area contributed by atoms with Crippen molar-refractivity contribution in [3.8, 4) is 22.7 Å². The van der Waals surface area contributed by atoms with Crippen LogP contribution < -0.4 is 4.74 Å². The highest BCUT2D eigenvalue weighted by atomic mass is 35.5. The molecule has 32 heavy (non-hydrogen) atoms. The molecule has 0 fully saturated rings. The molecule has 7 nitrogen and oxygen atoms in total. The van der Waals surface area contributed by atoms with E-state index in [1.807, 2.05) is 35.9 Å². The van der Waals surface area contributed by atoms with Gasteiger partial charge in [-0.1, -0.05) is 17.7 Å². The molecule has 0 saturated heterocycles. The number of nitrogens with zero attached hydrogens (tertiary/aromatic N) is 6. The number of imidazole rings is 1. The van der Waals surface area contributed by atoms with E-state index >= 15 is 0 Å². The summed E-state index contributed by atoms with van der Waals surface area (Å²) in [6.07, 6.45) is 5.83. The second kappa shape index (κ2) is 8.05. The van der Waals surface area contributed by atoms with Gasteiger partial charge in [-0.2, -0.15) is 9.50 Å². The SMILES string of the molecule is COc1cc(Cc2nc3nccc(-c4ccc(F)c(Cl)c4)n3n2)ccc1-n1cnc(C)c1. The number of hydrogen-bond donors (Lipinski definition) is 0. The summed E-state index contributed by atoms with van der Waals surface area (Å²) in [5, 5.41) is 4.68. The van der Waals surface area contributed by atoms with E-state index in [1.54, 1.807) is 42.3 Å². The number of ether oxygens (including phenoxy) is 1. The second-order valence-corrected chi connectivity index (χ2v) is 7.71. The van der Waals surface area contributed by atoms with E-state index in [-0.39, 0.29) is 5.02 Å². The number of benzene rings is 2. The zero-order valence-electron chi connectivity index (χ0n) is 17.3. The van der Waals surface area contributed by atoms with Crippen LogP contribution in [0.1, 0.15) is 17.1 Å². The van der Waals surface area contributed by atoms with Crippen LogP contribution in [-0.2, 0) is 6.42 Å². The number of aromatic nitrogens is 6. The van der Waals surface area contributed by atoms with Crippen LogP contribution in [0, 0.1) is 12.7 Å². The molecule has 0 aliphatic rings. The molecule has 9 heteroatoms. The first-order valence-corrected chi connectivity index (χ1v) is 10.2. The maximum atomic E-state index is 13.6. The molecule has 0 unspecified atom stereocenters. The number of methoxy groups -OCH3 is 1. The standard InChI is InChI=1S/C23H18ClFN6O/c1-14-12-30(13-27-14)20-6-3-15(9-21(20)32-2)10-22-28-23-26-8-7-19(31(23)29-22)16-4-5-18(25)17(24)11-16/h3-9,11-13H,10H2,1-2H3. The quantitative estimate of drug-likeness (QED) is 0.390. The minimum Gasteiger partial charge on any atom is -0.495 e. The molecule has 0 saturated carbocycles. The van der Waals surface area contributed by atoms with E-state index in [9.17, 15) is 4.39 Å². The number of fused-ring (bicyclic) bond motifs is 1. The molecule has 0 N–H and O–H groups in total. The zero-order chi connectivity index (χ0) is 22.2. The van der Waals surface area contributed by atoms with Crippen molar-refractivity contribution in [2.45, 2.75) is 13.3 Å². The van der Waals surface area contributed by atoms with E-state index in [1.165, 1.54) is 6.07 Å². The van der Waals surface area contributed by atoms with E-state index in [4.69, 9.17) is 16.3 Å². The summed E-state index contributed by atoms with van der Waals surface area (Å²) in [6, 6.07) is 12.3. The molecule has 0 aliphatic heterocycles. The first-order chi connectivity index (χ1) is 15.5. The number of rotatable bonds is 5. The van der Waals surface area contributed by atoms with Gasteiger partial charge in [0.15, 0.2) is 5.82 Å². The molecule has 0 amide bonds. The third-order valence-corrected chi connectivity index (χ3v) is 5.39. The van der Waals surface area contributed by atoms with E-state index in [2.05, 4.69) is 20.1 Å². The molecule has 5 aromatic rings. The van der Waals surface area contributed by atoms with E-state index < -0.39 is 5.82 Å². The lowest BCUT2D eigenvalue weighted by molar-refractivity contribution is 0.412. The van der Waals surface area contributed by atoms with Crippen molar-refractivity contribution in [2.75, 3.05) is 7.11 Å². The first-order valence-electron chi connectivity index (χ1n) is 9.86. The van der Waals surface area contributed by atoms with Crippen molar-refractivity contribution >= 4 is 17.4 Å². The molecule has 0 bridgehead atoms. The summed E-state index contributed by atoms with van der Waals surface area (Å²) >= 11 is 5.96. The predicted molar refractivity (Wildman–Crippen MR) is 119 cm³/mol. The van der Waals surface area contributed by atoms with Crippen molar-refractivity contribution in [2.24, 2.45) is 0 Å². The minimum atomic E-state index is -0.469. The molecule has 5 rings (SSSR count). The Kier molecular flexibility index (Phi) is 5.07. The third-order valence-electron chi connectivity index (χ3n) is 5.10. The van der Waals surface area contributed by atoms with Crippen molar-refractivity contribution < 1.29 is 9.13 Å². The zero-order valence-corrected chi connectivity index (χ0v) is 18.1. The highest BCUT2D eigenvalue weighted by molar-refractivity contribution is 6.31. The predicted octanol–water partition coefficient (Wildman–Crippen LogP) is 4.68. The van der Waals surface area contributed by atoms with Gasteiger partial charge in [0, 0.05) is 24.4 Å². The average molecular weight is 449 g/mol. The first kappa shape index (κ1) is 20.1. The Hall–Kier alpha value is -3.78. The molecule has 0 aliphatic carbocycles. The summed E-state index contributed by atoms with van der Waals surface area (Å²) < 4.78 is 22.7. The summed E-state index contributed by atoms with van der Waals surface area (Å²) in [5.74, 6) is 1.31. The van der Waals surface area contributed by atoms with Crippen LogP contribution in [0.5, 0.6) is 5.75 Å². The van der Waals surface area contributed by atoms with Crippen LogP contribution in [0.2, 0.25) is 5.02 Å². The fourth-order valence-electron chi connectivity index (χ4n) is 3.57. The molecule has 0 radical (unpaired) electrons. The van der Waals surface area contributed by atoms with Gasteiger partial charge < -0.3 is 9.30 Å². The Bertz CT molecular complexity index is 1440. The van der Waals surface area contributed by atoms with Crippen LogP contribution >= 0.6 is 11.6 Å². The lowest BCUT2D eigenvalue weighted by Gasteiger charge is -2.10. The highest BCUT2D eigenvalue weighted by Gasteiger charge is 2.13. The monoisotopic (exact) mass is 448 g/mol. The molecular weight excluding hydrogens is 431 g/mol. The second-order valence-electron chi connectivity index (χ2n) is 7.30. The molecule has 3 aromatic heterocycles. The topological polar surface area (TPSA) is 70.1 Å². The van der Waals surface area contributed by atoms with Gasteiger partial charge in [-0.05, 0) is 48.9 Å². The van der Waals surface area contributed by atoms with Crippen molar-refractivity contribution in [3.05, 3.63) is 89.1 Å². The van der Waals surface area contributed by atoms with Gasteiger partial charge >= 0.3 is 0 Å². The smallest absolute Gasteiger partial charge is 0.252 e. The van der Waals surface area contributed by atoms with Gasteiger partial charge in [-0.3, -0.25) is 0 Å². The molecule has 3 heterocycles. The fraction of sp³-hybridized carbons (Fsp3) is 0.130. The molecule has 2 aromatic carbocycles. The minimum absolute atomic E-state index is 0.0491. The van der Waals surface area contributed by atoms with Crippen LogP contribution in [-0.4, -0.2) is 36.2 Å². The highest BCUT2D eigenvalue weighted by Crippen LogP contribution is 2.27. The Labute approximate surface area is 188 Å². The van der Waals surface area contributed by atoms with Crippen LogP contribution in [0.4, 0.5) is 4.39 Å². The summed E-state index contributed by atoms with van der Waals surface area (Å²) in [6.45, 7) is 1.94. The van der Waals surface area contributed by atoms with Gasteiger partial charge in [0.25, 0.3) is 5.78 Å². The van der Waals surface area contributed by atoms with E-state index in [0.717, 1.165) is 34.0 Å². The summed E-state index contributed by atoms with van der Waals surface area (Å²) in [7, 11) is 1.64. The average Bonchev–Trinajstić information content (AvgIpc) is 3.41. The van der Waals surface area contributed by atoms with Crippen molar-refractivity contribution in [1.29, 1.82) is 0 Å². The molecule has 0 spiro atoms. The van der Waals surface area contributed by atoms with E-state index in [0.29, 0.717) is 18.0 Å². The molecular formula is C23H18ClFN6O. The maximum Gasteiger partial charge on any atom is 0.252 e. The number of halogens is 2. The van der Waals surface area contributed by atoms with Gasteiger partial charge in [-0.25, -0.2) is 14.4 Å². The Balaban J connectivity index is 1.49. The molecule has 160 valence electrons. The van der Waals surface area contributed by atoms with Gasteiger partial charge in [0.2, 0.25) is 0 Å². The van der Waals surface area contributed by atoms with Crippen molar-refractivity contribution in [3.63, 3.8) is 0 Å². The lowest BCUT2D eigenvalue weighted by atomic mass is 10.1. The Morgan fingerprint density at radius 3 is 2.72 bits per heavy atom. The van der Waals surface area contributed by atoms with Crippen LogP contribution in [0.3, 0.4) is 0 Å². The van der Waals surface area contributed by atoms with Gasteiger partial charge in [-0.15, -0.1) is 5.10 Å².